The van der Waals surface area contributed by atoms with Crippen molar-refractivity contribution in [2.45, 2.75) is 123 Å². The van der Waals surface area contributed by atoms with Gasteiger partial charge >= 0.3 is 23.9 Å². The summed E-state index contributed by atoms with van der Waals surface area (Å²) in [5, 5.41) is 0. The summed E-state index contributed by atoms with van der Waals surface area (Å²) >= 11 is 0. The highest BCUT2D eigenvalue weighted by molar-refractivity contribution is 5.77. The molecule has 5 aliphatic carbocycles. The van der Waals surface area contributed by atoms with E-state index in [1.54, 1.807) is 0 Å². The molecule has 5 saturated carbocycles. The van der Waals surface area contributed by atoms with E-state index in [0.29, 0.717) is 62.5 Å². The van der Waals surface area contributed by atoms with E-state index in [9.17, 15) is 19.2 Å². The lowest BCUT2D eigenvalue weighted by Crippen LogP contribution is -2.37. The summed E-state index contributed by atoms with van der Waals surface area (Å²) in [6, 6.07) is 9.48. The second kappa shape index (κ2) is 18.2. The summed E-state index contributed by atoms with van der Waals surface area (Å²) in [5.74, 6) is 4.19. The summed E-state index contributed by atoms with van der Waals surface area (Å²) in [4.78, 5) is 46.3. The van der Waals surface area contributed by atoms with Gasteiger partial charge in [-0.2, -0.15) is 0 Å². The van der Waals surface area contributed by atoms with E-state index in [2.05, 4.69) is 0 Å². The molecular weight excluding hydrogens is 692 g/mol. The van der Waals surface area contributed by atoms with Crippen molar-refractivity contribution in [2.75, 3.05) is 26.4 Å². The zero-order valence-electron chi connectivity index (χ0n) is 33.0. The van der Waals surface area contributed by atoms with Gasteiger partial charge in [-0.15, -0.1) is 0 Å². The van der Waals surface area contributed by atoms with Crippen molar-refractivity contribution in [3.05, 3.63) is 30.3 Å². The normalized spacial score (nSPS) is 35.6. The summed E-state index contributed by atoms with van der Waals surface area (Å²) < 4.78 is 38.4. The van der Waals surface area contributed by atoms with E-state index in [0.717, 1.165) is 55.6 Å². The van der Waals surface area contributed by atoms with Gasteiger partial charge in [0.15, 0.2) is 0 Å². The minimum absolute atomic E-state index is 0.00399. The first-order valence-electron chi connectivity index (χ1n) is 20.7. The molecule has 15 atom stereocenters. The van der Waals surface area contributed by atoms with Crippen LogP contribution in [0.2, 0.25) is 0 Å². The highest BCUT2D eigenvalue weighted by atomic mass is 16.6. The smallest absolute Gasteiger partial charge is 0.309 e. The van der Waals surface area contributed by atoms with E-state index in [4.69, 9.17) is 33.2 Å². The fourth-order valence-corrected chi connectivity index (χ4v) is 9.70. The van der Waals surface area contributed by atoms with Gasteiger partial charge < -0.3 is 33.2 Å². The summed E-state index contributed by atoms with van der Waals surface area (Å²) in [5.41, 5.74) is 0. The molecule has 2 aliphatic heterocycles. The maximum absolute atomic E-state index is 11.8. The summed E-state index contributed by atoms with van der Waals surface area (Å²) in [6.07, 6.45) is 9.28. The highest BCUT2D eigenvalue weighted by Gasteiger charge is 2.67. The molecule has 7 fully saturated rings. The standard InChI is InChI=1S/C17H26O4.C13H18O4.C13H18O3/c1-3-9(2)17(18)20-5-4-19-13-7-10-6-12(13)15-11(10)8-14-16(15)21-14;1-3-6(2)12(14)16-10-7-4-8-9(5-7)13(15)17-11(8)10;1-3-11(2)13(14)16-10-9-15-12-7-5-4-6-8-12/h9-16H,3-8H2,1-2H3;6-11H,3-5H2,1-2H3;4-8,11H,3,9-10H2,1-2H3. The molecule has 4 bridgehead atoms. The molecule has 1 aromatic rings. The lowest BCUT2D eigenvalue weighted by atomic mass is 9.79. The Morgan fingerprint density at radius 1 is 0.704 bits per heavy atom. The first-order valence-corrected chi connectivity index (χ1v) is 20.7. The summed E-state index contributed by atoms with van der Waals surface area (Å²) in [6.45, 7) is 13.2. The Bertz CT molecular complexity index is 1430. The SMILES string of the molecule is CCC(C)C(=O)OC1C2CC3C(=O)OC1C3C2.CCC(C)C(=O)OCCOC1CC2CC1C1C2CC2OC21.CCC(C)C(=O)OCCOc1ccccc1. The Balaban J connectivity index is 0.000000140. The molecule has 0 N–H and O–H groups in total. The number of carbonyl (C=O) groups excluding carboxylic acids is 4. The van der Waals surface area contributed by atoms with E-state index in [1.807, 2.05) is 71.9 Å². The predicted octanol–water partition coefficient (Wildman–Crippen LogP) is 6.58. The third-order valence-electron chi connectivity index (χ3n) is 13.4. The van der Waals surface area contributed by atoms with Gasteiger partial charge in [0, 0.05) is 11.8 Å². The third kappa shape index (κ3) is 9.09. The number of fused-ring (bicyclic) bond motifs is 8. The minimum Gasteiger partial charge on any atom is -0.490 e. The van der Waals surface area contributed by atoms with E-state index in [1.165, 1.54) is 19.3 Å². The second-order valence-electron chi connectivity index (χ2n) is 16.6. The fraction of sp³-hybridized carbons (Fsp3) is 0.767. The molecule has 15 unspecified atom stereocenters. The van der Waals surface area contributed by atoms with Gasteiger partial charge in [-0.3, -0.25) is 19.2 Å². The van der Waals surface area contributed by atoms with Gasteiger partial charge in [0.25, 0.3) is 0 Å². The average Bonchev–Trinajstić information content (AvgIpc) is 3.73. The molecule has 2 heterocycles. The van der Waals surface area contributed by atoms with Crippen LogP contribution in [0.3, 0.4) is 0 Å². The highest BCUT2D eigenvalue weighted by Crippen LogP contribution is 2.64. The van der Waals surface area contributed by atoms with Crippen molar-refractivity contribution in [1.82, 2.24) is 0 Å². The third-order valence-corrected chi connectivity index (χ3v) is 13.4. The van der Waals surface area contributed by atoms with Crippen molar-refractivity contribution >= 4 is 23.9 Å². The zero-order chi connectivity index (χ0) is 38.5. The number of rotatable bonds is 15. The second-order valence-corrected chi connectivity index (χ2v) is 16.6. The van der Waals surface area contributed by atoms with Crippen LogP contribution in [0.25, 0.3) is 0 Å². The zero-order valence-corrected chi connectivity index (χ0v) is 33.0. The number of epoxide rings is 1. The molecule has 54 heavy (non-hydrogen) atoms. The van der Waals surface area contributed by atoms with E-state index >= 15 is 0 Å². The van der Waals surface area contributed by atoms with Gasteiger partial charge in [-0.05, 0) is 87.2 Å². The molecule has 7 aliphatic rings. The number of hydrogen-bond acceptors (Lipinski definition) is 11. The number of hydrogen-bond donors (Lipinski definition) is 0. The maximum atomic E-state index is 11.8. The number of para-hydroxylation sites is 1. The van der Waals surface area contributed by atoms with Crippen LogP contribution in [-0.4, -0.2) is 80.8 Å². The van der Waals surface area contributed by atoms with Crippen LogP contribution in [-0.2, 0) is 47.6 Å². The Labute approximate surface area is 320 Å². The number of benzene rings is 1. The molecule has 0 spiro atoms. The predicted molar refractivity (Wildman–Crippen MR) is 198 cm³/mol. The fourth-order valence-electron chi connectivity index (χ4n) is 9.70. The Morgan fingerprint density at radius 3 is 2.00 bits per heavy atom. The van der Waals surface area contributed by atoms with E-state index in [-0.39, 0.29) is 59.8 Å². The van der Waals surface area contributed by atoms with Crippen molar-refractivity contribution in [1.29, 1.82) is 0 Å². The lowest BCUT2D eigenvalue weighted by Gasteiger charge is -2.32. The Morgan fingerprint density at radius 2 is 1.33 bits per heavy atom. The number of esters is 4. The van der Waals surface area contributed by atoms with Crippen molar-refractivity contribution in [3.63, 3.8) is 0 Å². The molecule has 11 nitrogen and oxygen atoms in total. The van der Waals surface area contributed by atoms with Crippen LogP contribution in [0, 0.1) is 59.2 Å². The van der Waals surface area contributed by atoms with Crippen LogP contribution in [0.5, 0.6) is 5.75 Å². The monoisotopic (exact) mass is 754 g/mol. The molecular formula is C43H62O11. The molecule has 8 rings (SSSR count). The first kappa shape index (κ1) is 40.5. The quantitative estimate of drug-likeness (QED) is 0.0831. The van der Waals surface area contributed by atoms with Gasteiger partial charge in [0.05, 0.1) is 48.6 Å². The maximum Gasteiger partial charge on any atom is 0.309 e. The molecule has 2 saturated heterocycles. The Hall–Kier alpha value is -3.18. The van der Waals surface area contributed by atoms with Gasteiger partial charge in [-0.25, -0.2) is 0 Å². The largest absolute Gasteiger partial charge is 0.490 e. The molecule has 300 valence electrons. The number of ether oxygens (including phenoxy) is 7. The summed E-state index contributed by atoms with van der Waals surface area (Å²) in [7, 11) is 0. The van der Waals surface area contributed by atoms with Gasteiger partial charge in [0.1, 0.15) is 37.8 Å². The van der Waals surface area contributed by atoms with Gasteiger partial charge in [-0.1, -0.05) is 59.7 Å². The van der Waals surface area contributed by atoms with Gasteiger partial charge in [0.2, 0.25) is 0 Å². The minimum atomic E-state index is -0.177. The van der Waals surface area contributed by atoms with Crippen LogP contribution in [0.4, 0.5) is 0 Å². The average molecular weight is 755 g/mol. The van der Waals surface area contributed by atoms with Crippen LogP contribution in [0.15, 0.2) is 30.3 Å². The van der Waals surface area contributed by atoms with Crippen LogP contribution >= 0.6 is 0 Å². The number of carbonyl (C=O) groups is 4. The van der Waals surface area contributed by atoms with E-state index < -0.39 is 0 Å². The van der Waals surface area contributed by atoms with Crippen LogP contribution in [0.1, 0.15) is 92.9 Å². The molecule has 0 radical (unpaired) electrons. The van der Waals surface area contributed by atoms with Crippen molar-refractivity contribution in [3.8, 4) is 5.75 Å². The lowest BCUT2D eigenvalue weighted by molar-refractivity contribution is -0.165. The van der Waals surface area contributed by atoms with Crippen molar-refractivity contribution in [2.24, 2.45) is 59.2 Å². The van der Waals surface area contributed by atoms with Crippen molar-refractivity contribution < 1.29 is 52.3 Å². The van der Waals surface area contributed by atoms with Crippen LogP contribution < -0.4 is 4.74 Å². The first-order chi connectivity index (χ1) is 26.0. The molecule has 0 amide bonds. The molecule has 11 heteroatoms. The molecule has 1 aromatic carbocycles. The topological polar surface area (TPSA) is 136 Å². The molecule has 0 aromatic heterocycles. The Kier molecular flexibility index (Phi) is 13.6.